The molecular weight excluding hydrogens is 662 g/mol. The Bertz CT molecular complexity index is 1810. The predicted octanol–water partition coefficient (Wildman–Crippen LogP) is -1.15. The monoisotopic (exact) mass is 690 g/mol. The van der Waals surface area contributed by atoms with Crippen LogP contribution < -0.4 is 26.2 Å². The van der Waals surface area contributed by atoms with Gasteiger partial charge >= 0.3 is 11.9 Å². The molecule has 2 atom stereocenters. The summed E-state index contributed by atoms with van der Waals surface area (Å²) in [4.78, 5) is 46.6. The molecule has 3 heterocycles. The number of ether oxygens (including phenoxy) is 1. The first kappa shape index (κ1) is 34.4. The molecule has 1 saturated heterocycles. The fourth-order valence-corrected chi connectivity index (χ4v) is 5.31. The number of nitrogen functional groups attached to an aromatic ring is 1. The molecule has 1 aromatic carbocycles. The number of anilines is 1. The number of carbonyl (C=O) groups is 3. The summed E-state index contributed by atoms with van der Waals surface area (Å²) in [5.41, 5.74) is 9.13. The van der Waals surface area contributed by atoms with Crippen LogP contribution in [0.1, 0.15) is 19.5 Å². The Morgan fingerprint density at radius 1 is 1.37 bits per heavy atom. The average molecular weight is 691 g/mol. The summed E-state index contributed by atoms with van der Waals surface area (Å²) in [6.45, 7) is 0.475. The van der Waals surface area contributed by atoms with Gasteiger partial charge in [-0.3, -0.25) is 9.59 Å². The number of halogens is 2. The second-order valence-corrected chi connectivity index (χ2v) is 12.3. The third-order valence-electron chi connectivity index (χ3n) is 6.76. The Labute approximate surface area is 263 Å². The van der Waals surface area contributed by atoms with E-state index in [4.69, 9.17) is 21.0 Å². The van der Waals surface area contributed by atoms with Crippen LogP contribution >= 0.6 is 11.3 Å². The number of nitrogens with zero attached hydrogens (tertiary/aromatic N) is 5. The number of alkyl halides is 2. The van der Waals surface area contributed by atoms with Crippen molar-refractivity contribution in [2.75, 3.05) is 18.9 Å². The molecule has 4 rings (SSSR count). The summed E-state index contributed by atoms with van der Waals surface area (Å²) in [5.74, 6) is -6.67. The van der Waals surface area contributed by atoms with Crippen molar-refractivity contribution < 1.29 is 59.8 Å². The molecule has 0 bridgehead atoms. The highest BCUT2D eigenvalue weighted by atomic mass is 32.3. The fourth-order valence-electron chi connectivity index (χ4n) is 4.31. The lowest BCUT2D eigenvalue weighted by Gasteiger charge is -2.51. The van der Waals surface area contributed by atoms with Crippen molar-refractivity contribution in [3.05, 3.63) is 35.5 Å². The number of rotatable bonds is 14. The van der Waals surface area contributed by atoms with E-state index in [0.717, 1.165) is 11.3 Å². The summed E-state index contributed by atoms with van der Waals surface area (Å²) >= 11 is 0.913. The fraction of sp³-hybridized carbons (Fsp3) is 0.417. The molecule has 18 nitrogen and oxygen atoms in total. The minimum atomic E-state index is -5.29. The minimum absolute atomic E-state index is 0.0123. The predicted molar refractivity (Wildman–Crippen MR) is 152 cm³/mol. The van der Waals surface area contributed by atoms with E-state index in [2.05, 4.69) is 19.7 Å². The van der Waals surface area contributed by atoms with Crippen LogP contribution in [0.25, 0.3) is 10.9 Å². The first-order chi connectivity index (χ1) is 21.3. The number of carboxylic acid groups (broad SMARTS) is 1. The van der Waals surface area contributed by atoms with E-state index in [1.54, 1.807) is 13.1 Å². The Morgan fingerprint density at radius 2 is 2.07 bits per heavy atom. The number of aromatic nitrogens is 3. The molecule has 0 aliphatic carbocycles. The molecule has 0 spiro atoms. The molecule has 3 aromatic rings. The van der Waals surface area contributed by atoms with Gasteiger partial charge in [-0.1, -0.05) is 5.16 Å². The van der Waals surface area contributed by atoms with Crippen molar-refractivity contribution >= 4 is 61.3 Å². The van der Waals surface area contributed by atoms with Crippen LogP contribution in [0, 0.1) is 0 Å². The number of hydrogen-bond acceptors (Lipinski definition) is 14. The zero-order valence-corrected chi connectivity index (χ0v) is 25.9. The zero-order chi connectivity index (χ0) is 34.2. The number of benzene rings is 1. The number of β-lactam (4-membered cyclic amide) rings is 1. The second kappa shape index (κ2) is 12.7. The van der Waals surface area contributed by atoms with Gasteiger partial charge in [0.25, 0.3) is 17.9 Å². The van der Waals surface area contributed by atoms with Gasteiger partial charge in [0.2, 0.25) is 23.1 Å². The van der Waals surface area contributed by atoms with Crippen LogP contribution in [0.15, 0.2) is 34.9 Å². The van der Waals surface area contributed by atoms with Gasteiger partial charge < -0.3 is 36.0 Å². The molecule has 2 amide bonds. The van der Waals surface area contributed by atoms with Gasteiger partial charge in [-0.2, -0.15) is 22.8 Å². The Morgan fingerprint density at radius 3 is 2.63 bits per heavy atom. The van der Waals surface area contributed by atoms with E-state index in [1.165, 1.54) is 46.9 Å². The highest BCUT2D eigenvalue weighted by Gasteiger charge is 2.57. The first-order valence-electron chi connectivity index (χ1n) is 13.0. The zero-order valence-electron chi connectivity index (χ0n) is 24.2. The highest BCUT2D eigenvalue weighted by Crippen LogP contribution is 2.33. The lowest BCUT2D eigenvalue weighted by Crippen LogP contribution is -2.76. The van der Waals surface area contributed by atoms with Gasteiger partial charge in [-0.05, 0) is 32.0 Å². The Kier molecular flexibility index (Phi) is 9.49. The van der Waals surface area contributed by atoms with Crippen LogP contribution in [0.3, 0.4) is 0 Å². The smallest absolute Gasteiger partial charge is 0.351 e. The lowest BCUT2D eigenvalue weighted by molar-refractivity contribution is -0.783. The first-order valence-corrected chi connectivity index (χ1v) is 15.2. The Balaban J connectivity index is 1.50. The largest absolute Gasteiger partial charge is 0.724 e. The SMILES string of the molecule is Cn1c2ccc(OC[C@H](O/N=C(\C(=O)N[C@@H]3C(=O)N(OS(=O)(=O)[O-])C3(C)C)c3csc(N)n3)C(=O)O)cc2c[n+]1CC(F)(F)CN. The average Bonchev–Trinajstić information content (AvgIpc) is 3.52. The molecule has 46 heavy (non-hydrogen) atoms. The molecule has 1 aliphatic rings. The summed E-state index contributed by atoms with van der Waals surface area (Å²) < 4.78 is 73.1. The highest BCUT2D eigenvalue weighted by molar-refractivity contribution is 7.80. The number of thiazole rings is 1. The van der Waals surface area contributed by atoms with Gasteiger partial charge in [0.05, 0.1) is 24.5 Å². The maximum Gasteiger partial charge on any atom is 0.351 e. The van der Waals surface area contributed by atoms with Crippen LogP contribution in [-0.2, 0) is 47.5 Å². The molecule has 22 heteroatoms. The molecule has 1 aliphatic heterocycles. The van der Waals surface area contributed by atoms with E-state index < -0.39 is 77.2 Å². The number of hydrogen-bond donors (Lipinski definition) is 4. The molecule has 2 aromatic heterocycles. The van der Waals surface area contributed by atoms with Crippen molar-refractivity contribution in [1.82, 2.24) is 20.0 Å². The Hall–Kier alpha value is -4.51. The minimum Gasteiger partial charge on any atom is -0.724 e. The van der Waals surface area contributed by atoms with Crippen LogP contribution in [0.2, 0.25) is 0 Å². The maximum absolute atomic E-state index is 13.9. The summed E-state index contributed by atoms with van der Waals surface area (Å²) in [7, 11) is -3.72. The number of aryl methyl sites for hydroxylation is 1. The van der Waals surface area contributed by atoms with Crippen LogP contribution in [0.5, 0.6) is 5.75 Å². The standard InChI is InChI=1S/C24H28F2N8O10S2/c1-23(2)18(20(36)34(23)44-46(39,40)41)30-19(35)17(14-9-45-22(28)29-14)31-43-16(21(37)38)8-42-13-4-5-15-12(6-13)7-33(32(15)3)11-24(25,26)10-27/h4-7,9,16,18H,8,10-11,27H2,1-3H3,(H4-,28,29,30,35,37,38,39,40,41)/b31-17-/t16-,18+/m0/s1. The van der Waals surface area contributed by atoms with Crippen molar-refractivity contribution in [2.24, 2.45) is 17.9 Å². The number of carboxylic acids is 1. The number of fused-ring (bicyclic) bond motifs is 1. The quantitative estimate of drug-likeness (QED) is 0.0390. The summed E-state index contributed by atoms with van der Waals surface area (Å²) in [6, 6.07) is 3.16. The number of nitrogens with two attached hydrogens (primary N) is 2. The van der Waals surface area contributed by atoms with Gasteiger partial charge in [-0.25, -0.2) is 18.2 Å². The van der Waals surface area contributed by atoms with Gasteiger partial charge in [0.1, 0.15) is 29.6 Å². The van der Waals surface area contributed by atoms with E-state index in [9.17, 15) is 41.2 Å². The normalized spacial score (nSPS) is 17.5. The van der Waals surface area contributed by atoms with E-state index >= 15 is 0 Å². The number of amides is 2. The number of carbonyl (C=O) groups excluding carboxylic acids is 2. The van der Waals surface area contributed by atoms with Crippen molar-refractivity contribution in [3.8, 4) is 5.75 Å². The third-order valence-corrected chi connectivity index (χ3v) is 7.76. The molecular formula is C24H28F2N8O10S2. The molecule has 6 N–H and O–H groups in total. The maximum atomic E-state index is 13.9. The van der Waals surface area contributed by atoms with E-state index in [0.29, 0.717) is 10.9 Å². The molecule has 250 valence electrons. The molecule has 1 fully saturated rings. The van der Waals surface area contributed by atoms with Gasteiger partial charge in [-0.15, -0.1) is 16.0 Å². The summed E-state index contributed by atoms with van der Waals surface area (Å²) in [5, 5.41) is 17.8. The number of aliphatic carboxylic acids is 1. The van der Waals surface area contributed by atoms with Crippen molar-refractivity contribution in [1.29, 1.82) is 0 Å². The molecule has 0 unspecified atom stereocenters. The van der Waals surface area contributed by atoms with Crippen LogP contribution in [-0.4, -0.2) is 93.1 Å². The topological polar surface area (TPSA) is 258 Å². The van der Waals surface area contributed by atoms with Crippen molar-refractivity contribution in [2.45, 2.75) is 44.0 Å². The van der Waals surface area contributed by atoms with E-state index in [1.807, 2.05) is 0 Å². The number of oxime groups is 1. The molecule has 0 radical (unpaired) electrons. The van der Waals surface area contributed by atoms with Crippen LogP contribution in [0.4, 0.5) is 13.9 Å². The number of hydroxylamine groups is 2. The van der Waals surface area contributed by atoms with Crippen molar-refractivity contribution in [3.63, 3.8) is 0 Å². The summed E-state index contributed by atoms with van der Waals surface area (Å²) in [6.07, 6.45) is -0.337. The van der Waals surface area contributed by atoms with Gasteiger partial charge in [0.15, 0.2) is 10.8 Å². The molecule has 0 saturated carbocycles. The second-order valence-electron chi connectivity index (χ2n) is 10.5. The third kappa shape index (κ3) is 7.47. The van der Waals surface area contributed by atoms with E-state index in [-0.39, 0.29) is 21.6 Å². The lowest BCUT2D eigenvalue weighted by atomic mass is 9.84. The van der Waals surface area contributed by atoms with Gasteiger partial charge in [0, 0.05) is 5.38 Å². The number of nitrogens with one attached hydrogen (secondary N) is 1.